The summed E-state index contributed by atoms with van der Waals surface area (Å²) >= 11 is 0. The van der Waals surface area contributed by atoms with Crippen LogP contribution in [0.5, 0.6) is 0 Å². The summed E-state index contributed by atoms with van der Waals surface area (Å²) in [4.78, 5) is 0. The van der Waals surface area contributed by atoms with Crippen LogP contribution in [0.15, 0.2) is 30.3 Å². The van der Waals surface area contributed by atoms with Gasteiger partial charge in [0.15, 0.2) is 0 Å². The molecule has 0 heterocycles. The zero-order valence-corrected chi connectivity index (χ0v) is 28.6. The van der Waals surface area contributed by atoms with E-state index < -0.39 is 0 Å². The van der Waals surface area contributed by atoms with Gasteiger partial charge in [-0.2, -0.15) is 0 Å². The largest absolute Gasteiger partial charge is 0.0654 e. The van der Waals surface area contributed by atoms with Gasteiger partial charge in [0, 0.05) is 0 Å². The second kappa shape index (κ2) is 32.1. The van der Waals surface area contributed by atoms with Crippen LogP contribution in [0.2, 0.25) is 0 Å². The van der Waals surface area contributed by atoms with E-state index in [9.17, 15) is 0 Å². The highest BCUT2D eigenvalue weighted by atomic mass is 14.1. The van der Waals surface area contributed by atoms with E-state index in [0.29, 0.717) is 0 Å². The summed E-state index contributed by atoms with van der Waals surface area (Å²) in [5.41, 5.74) is 1.51. The van der Waals surface area contributed by atoms with Gasteiger partial charge in [-0.3, -0.25) is 0 Å². The van der Waals surface area contributed by atoms with E-state index in [1.54, 1.807) is 0 Å². The standard InChI is InChI=1S/C41H76/c1-3-4-5-6-7-8-9-10-11-12-13-14-15-16-17-18-19-20-21-22-23-24-25-26-27-28-29-30-31-32-34-37-40(2)41-38-35-33-36-39-41/h33,35-36,38-40H,3-32,34,37H2,1-2H3. The monoisotopic (exact) mass is 569 g/mol. The smallest absolute Gasteiger partial charge is 0.0190 e. The minimum absolute atomic E-state index is 0.722. The van der Waals surface area contributed by atoms with Crippen molar-refractivity contribution in [3.8, 4) is 0 Å². The van der Waals surface area contributed by atoms with Crippen LogP contribution in [0.1, 0.15) is 231 Å². The molecule has 0 N–H and O–H groups in total. The van der Waals surface area contributed by atoms with E-state index in [1.165, 1.54) is 211 Å². The van der Waals surface area contributed by atoms with Gasteiger partial charge in [-0.15, -0.1) is 0 Å². The van der Waals surface area contributed by atoms with Gasteiger partial charge in [0.05, 0.1) is 0 Å². The average Bonchev–Trinajstić information content (AvgIpc) is 3.00. The highest BCUT2D eigenvalue weighted by Crippen LogP contribution is 2.22. The maximum absolute atomic E-state index is 2.39. The quantitative estimate of drug-likeness (QED) is 0.0740. The Morgan fingerprint density at radius 2 is 0.585 bits per heavy atom. The molecule has 0 aliphatic carbocycles. The molecule has 240 valence electrons. The zero-order valence-electron chi connectivity index (χ0n) is 28.6. The molecule has 0 aliphatic rings. The predicted molar refractivity (Wildman–Crippen MR) is 188 cm³/mol. The van der Waals surface area contributed by atoms with Gasteiger partial charge in [0.25, 0.3) is 0 Å². The fourth-order valence-electron chi connectivity index (χ4n) is 6.60. The fraction of sp³-hybridized carbons (Fsp3) is 0.854. The van der Waals surface area contributed by atoms with Gasteiger partial charge in [0.2, 0.25) is 0 Å². The van der Waals surface area contributed by atoms with Gasteiger partial charge < -0.3 is 0 Å². The Morgan fingerprint density at radius 1 is 0.341 bits per heavy atom. The molecule has 0 bridgehead atoms. The number of benzene rings is 1. The lowest BCUT2D eigenvalue weighted by molar-refractivity contribution is 0.510. The molecule has 0 saturated heterocycles. The summed E-state index contributed by atoms with van der Waals surface area (Å²) in [7, 11) is 0. The molecular weight excluding hydrogens is 492 g/mol. The van der Waals surface area contributed by atoms with Gasteiger partial charge in [-0.05, 0) is 17.9 Å². The van der Waals surface area contributed by atoms with Gasteiger partial charge in [0.1, 0.15) is 0 Å². The molecule has 0 fully saturated rings. The summed E-state index contributed by atoms with van der Waals surface area (Å²) < 4.78 is 0. The SMILES string of the molecule is CCCCCCCCCCCCCCCCCCCCCCCCCCCCCCCCCC(C)c1ccccc1. The Labute approximate surface area is 260 Å². The van der Waals surface area contributed by atoms with Crippen molar-refractivity contribution in [1.82, 2.24) is 0 Å². The Kier molecular flexibility index (Phi) is 30.0. The van der Waals surface area contributed by atoms with Crippen LogP contribution in [0, 0.1) is 0 Å². The first-order valence-electron chi connectivity index (χ1n) is 19.4. The summed E-state index contributed by atoms with van der Waals surface area (Å²) in [5, 5.41) is 0. The number of hydrogen-bond acceptors (Lipinski definition) is 0. The molecule has 1 atom stereocenters. The molecule has 0 nitrogen and oxygen atoms in total. The van der Waals surface area contributed by atoms with E-state index in [0.717, 1.165) is 5.92 Å². The number of unbranched alkanes of at least 4 members (excludes halogenated alkanes) is 30. The van der Waals surface area contributed by atoms with Crippen LogP contribution in [0.3, 0.4) is 0 Å². The minimum Gasteiger partial charge on any atom is -0.0654 e. The summed E-state index contributed by atoms with van der Waals surface area (Å²) in [6, 6.07) is 11.0. The second-order valence-corrected chi connectivity index (χ2v) is 13.7. The molecule has 0 heteroatoms. The lowest BCUT2D eigenvalue weighted by Gasteiger charge is -2.11. The van der Waals surface area contributed by atoms with Crippen LogP contribution < -0.4 is 0 Å². The fourth-order valence-corrected chi connectivity index (χ4v) is 6.60. The van der Waals surface area contributed by atoms with E-state index in [2.05, 4.69) is 44.2 Å². The van der Waals surface area contributed by atoms with E-state index in [4.69, 9.17) is 0 Å². The highest BCUT2D eigenvalue weighted by molar-refractivity contribution is 5.18. The molecular formula is C41H76. The Balaban J connectivity index is 1.64. The maximum atomic E-state index is 2.39. The molecule has 1 unspecified atom stereocenters. The summed E-state index contributed by atoms with van der Waals surface area (Å²) in [5.74, 6) is 0.722. The van der Waals surface area contributed by atoms with Crippen molar-refractivity contribution in [3.63, 3.8) is 0 Å². The highest BCUT2D eigenvalue weighted by Gasteiger charge is 2.04. The minimum atomic E-state index is 0.722. The van der Waals surface area contributed by atoms with Crippen molar-refractivity contribution in [3.05, 3.63) is 35.9 Å². The third-order valence-corrected chi connectivity index (χ3v) is 9.61. The third kappa shape index (κ3) is 27.8. The molecule has 41 heavy (non-hydrogen) atoms. The molecule has 0 saturated carbocycles. The van der Waals surface area contributed by atoms with Crippen LogP contribution in [0.25, 0.3) is 0 Å². The van der Waals surface area contributed by atoms with Crippen LogP contribution in [0.4, 0.5) is 0 Å². The molecule has 1 rings (SSSR count). The predicted octanol–water partition coefficient (Wildman–Crippen LogP) is 15.3. The molecule has 1 aromatic rings. The van der Waals surface area contributed by atoms with Gasteiger partial charge >= 0.3 is 0 Å². The van der Waals surface area contributed by atoms with Crippen molar-refractivity contribution in [2.75, 3.05) is 0 Å². The van der Waals surface area contributed by atoms with E-state index in [-0.39, 0.29) is 0 Å². The summed E-state index contributed by atoms with van der Waals surface area (Å²) in [6.45, 7) is 4.70. The third-order valence-electron chi connectivity index (χ3n) is 9.61. The number of rotatable bonds is 33. The molecule has 0 amide bonds. The zero-order chi connectivity index (χ0) is 29.3. The Hall–Kier alpha value is -0.780. The van der Waals surface area contributed by atoms with Crippen LogP contribution in [-0.4, -0.2) is 0 Å². The topological polar surface area (TPSA) is 0 Å². The lowest BCUT2D eigenvalue weighted by Crippen LogP contribution is -1.93. The average molecular weight is 569 g/mol. The molecule has 0 aliphatic heterocycles. The Morgan fingerprint density at radius 3 is 0.854 bits per heavy atom. The van der Waals surface area contributed by atoms with Crippen molar-refractivity contribution < 1.29 is 0 Å². The molecule has 1 aromatic carbocycles. The first-order valence-corrected chi connectivity index (χ1v) is 19.4. The van der Waals surface area contributed by atoms with Crippen molar-refractivity contribution in [2.24, 2.45) is 0 Å². The summed E-state index contributed by atoms with van der Waals surface area (Å²) in [6.07, 6.45) is 47.0. The number of hydrogen-bond donors (Lipinski definition) is 0. The second-order valence-electron chi connectivity index (χ2n) is 13.7. The van der Waals surface area contributed by atoms with Crippen LogP contribution >= 0.6 is 0 Å². The Bertz CT molecular complexity index is 589. The first-order chi connectivity index (χ1) is 20.3. The van der Waals surface area contributed by atoms with Crippen molar-refractivity contribution >= 4 is 0 Å². The first kappa shape index (κ1) is 38.2. The van der Waals surface area contributed by atoms with Gasteiger partial charge in [-0.1, -0.05) is 243 Å². The lowest BCUT2D eigenvalue weighted by atomic mass is 9.95. The van der Waals surface area contributed by atoms with Crippen molar-refractivity contribution in [1.29, 1.82) is 0 Å². The van der Waals surface area contributed by atoms with Crippen LogP contribution in [-0.2, 0) is 0 Å². The normalized spacial score (nSPS) is 12.2. The molecule has 0 aromatic heterocycles. The molecule has 0 spiro atoms. The van der Waals surface area contributed by atoms with E-state index >= 15 is 0 Å². The van der Waals surface area contributed by atoms with E-state index in [1.807, 2.05) is 0 Å². The molecule has 0 radical (unpaired) electrons. The van der Waals surface area contributed by atoms with Gasteiger partial charge in [-0.25, -0.2) is 0 Å². The van der Waals surface area contributed by atoms with Crippen molar-refractivity contribution in [2.45, 2.75) is 225 Å². The maximum Gasteiger partial charge on any atom is -0.0190 e.